The van der Waals surface area contributed by atoms with E-state index in [2.05, 4.69) is 27.7 Å². The van der Waals surface area contributed by atoms with Crippen molar-refractivity contribution in [3.63, 3.8) is 0 Å². The van der Waals surface area contributed by atoms with Gasteiger partial charge >= 0.3 is 0 Å². The number of amides is 1. The van der Waals surface area contributed by atoms with Crippen LogP contribution in [0.1, 0.15) is 86.0 Å². The molecule has 1 aliphatic heterocycles. The Balaban J connectivity index is 0. The third-order valence-electron chi connectivity index (χ3n) is 3.01. The second-order valence-corrected chi connectivity index (χ2v) is 4.92. The maximum Gasteiger partial charge on any atom is 0.219 e. The van der Waals surface area contributed by atoms with Gasteiger partial charge in [-0.25, -0.2) is 0 Å². The highest BCUT2D eigenvalue weighted by molar-refractivity contribution is 5.73. The Morgan fingerprint density at radius 2 is 1.28 bits per heavy atom. The molecule has 1 fully saturated rings. The molecule has 1 aliphatic rings. The van der Waals surface area contributed by atoms with Crippen LogP contribution in [0.3, 0.4) is 0 Å². The topological polar surface area (TPSA) is 20.3 Å². The minimum atomic E-state index is 0.231. The standard InChI is InChI=1S/C7H13NO.C5H12.C4H10/c1-7(9)8-5-3-2-4-6-8;1-3-5-4-2;1-3-4-2/h2-6H2,1H3;3-5H2,1-2H3;3-4H2,1-2H3. The minimum absolute atomic E-state index is 0.231. The molecule has 1 saturated heterocycles. The van der Waals surface area contributed by atoms with Crippen LogP contribution in [0.2, 0.25) is 0 Å². The Morgan fingerprint density at radius 3 is 1.44 bits per heavy atom. The van der Waals surface area contributed by atoms with Gasteiger partial charge in [-0.05, 0) is 19.3 Å². The van der Waals surface area contributed by atoms with Crippen molar-refractivity contribution < 1.29 is 4.79 Å². The number of piperidine rings is 1. The summed E-state index contributed by atoms with van der Waals surface area (Å²) in [5, 5.41) is 0. The first-order valence-corrected chi connectivity index (χ1v) is 7.89. The van der Waals surface area contributed by atoms with Crippen molar-refractivity contribution in [2.45, 2.75) is 86.0 Å². The van der Waals surface area contributed by atoms with Crippen molar-refractivity contribution in [3.8, 4) is 0 Å². The summed E-state index contributed by atoms with van der Waals surface area (Å²) in [6.07, 6.45) is 10.4. The van der Waals surface area contributed by atoms with E-state index in [4.69, 9.17) is 0 Å². The smallest absolute Gasteiger partial charge is 0.219 e. The average Bonchev–Trinajstić information content (AvgIpc) is 2.41. The molecule has 2 nitrogen and oxygen atoms in total. The number of unbranched alkanes of at least 4 members (excludes halogenated alkanes) is 3. The van der Waals surface area contributed by atoms with Gasteiger partial charge in [-0.15, -0.1) is 0 Å². The summed E-state index contributed by atoms with van der Waals surface area (Å²) >= 11 is 0. The molecule has 1 amide bonds. The van der Waals surface area contributed by atoms with Gasteiger partial charge in [-0.2, -0.15) is 0 Å². The summed E-state index contributed by atoms with van der Waals surface area (Å²) < 4.78 is 0. The highest BCUT2D eigenvalue weighted by atomic mass is 16.2. The Labute approximate surface area is 115 Å². The van der Waals surface area contributed by atoms with E-state index < -0.39 is 0 Å². The van der Waals surface area contributed by atoms with Crippen LogP contribution in [0.25, 0.3) is 0 Å². The van der Waals surface area contributed by atoms with Gasteiger partial charge in [-0.1, -0.05) is 59.8 Å². The Hall–Kier alpha value is -0.530. The van der Waals surface area contributed by atoms with Crippen LogP contribution >= 0.6 is 0 Å². The fraction of sp³-hybridized carbons (Fsp3) is 0.938. The Morgan fingerprint density at radius 1 is 0.833 bits per heavy atom. The molecule has 0 radical (unpaired) electrons. The summed E-state index contributed by atoms with van der Waals surface area (Å²) in [6, 6.07) is 0. The number of hydrogen-bond acceptors (Lipinski definition) is 1. The van der Waals surface area contributed by atoms with Gasteiger partial charge < -0.3 is 4.90 Å². The van der Waals surface area contributed by atoms with Crippen molar-refractivity contribution in [1.82, 2.24) is 4.90 Å². The molecule has 110 valence electrons. The van der Waals surface area contributed by atoms with Gasteiger partial charge in [0.05, 0.1) is 0 Å². The molecule has 0 aromatic heterocycles. The second kappa shape index (κ2) is 16.5. The zero-order valence-electron chi connectivity index (χ0n) is 13.4. The van der Waals surface area contributed by atoms with Crippen molar-refractivity contribution in [1.29, 1.82) is 0 Å². The molecule has 0 aliphatic carbocycles. The molecule has 0 unspecified atom stereocenters. The third-order valence-corrected chi connectivity index (χ3v) is 3.01. The van der Waals surface area contributed by atoms with Crippen LogP contribution < -0.4 is 0 Å². The van der Waals surface area contributed by atoms with Crippen LogP contribution in [0.15, 0.2) is 0 Å². The minimum Gasteiger partial charge on any atom is -0.343 e. The molecule has 18 heavy (non-hydrogen) atoms. The van der Waals surface area contributed by atoms with E-state index in [1.165, 1.54) is 51.4 Å². The third kappa shape index (κ3) is 15.5. The molecule has 1 rings (SSSR count). The van der Waals surface area contributed by atoms with Crippen LogP contribution in [0.4, 0.5) is 0 Å². The average molecular weight is 257 g/mol. The number of likely N-dealkylation sites (tertiary alicyclic amines) is 1. The van der Waals surface area contributed by atoms with E-state index in [-0.39, 0.29) is 5.91 Å². The maximum absolute atomic E-state index is 10.7. The van der Waals surface area contributed by atoms with E-state index in [0.717, 1.165) is 13.1 Å². The van der Waals surface area contributed by atoms with Gasteiger partial charge in [0.2, 0.25) is 5.91 Å². The molecule has 0 aromatic rings. The highest BCUT2D eigenvalue weighted by Crippen LogP contribution is 2.07. The van der Waals surface area contributed by atoms with Crippen molar-refractivity contribution in [2.75, 3.05) is 13.1 Å². The van der Waals surface area contributed by atoms with E-state index in [1.807, 2.05) is 4.90 Å². The normalized spacial score (nSPS) is 13.9. The van der Waals surface area contributed by atoms with Gasteiger partial charge in [0, 0.05) is 20.0 Å². The lowest BCUT2D eigenvalue weighted by atomic mass is 10.1. The van der Waals surface area contributed by atoms with E-state index in [1.54, 1.807) is 6.92 Å². The molecule has 0 aromatic carbocycles. The fourth-order valence-electron chi connectivity index (χ4n) is 1.56. The first-order valence-electron chi connectivity index (χ1n) is 7.89. The summed E-state index contributed by atoms with van der Waals surface area (Å²) in [5.74, 6) is 0.231. The maximum atomic E-state index is 10.7. The Bertz CT molecular complexity index is 158. The molecular weight excluding hydrogens is 222 g/mol. The molecule has 0 atom stereocenters. The monoisotopic (exact) mass is 257 g/mol. The lowest BCUT2D eigenvalue weighted by molar-refractivity contribution is -0.129. The molecule has 0 spiro atoms. The van der Waals surface area contributed by atoms with Crippen LogP contribution in [-0.4, -0.2) is 23.9 Å². The SMILES string of the molecule is CC(=O)N1CCCCC1.CCCC.CCCCC. The summed E-state index contributed by atoms with van der Waals surface area (Å²) in [7, 11) is 0. The first kappa shape index (κ1) is 19.8. The number of carbonyl (C=O) groups is 1. The molecule has 2 heteroatoms. The highest BCUT2D eigenvalue weighted by Gasteiger charge is 2.10. The van der Waals surface area contributed by atoms with Gasteiger partial charge in [0.1, 0.15) is 0 Å². The first-order chi connectivity index (χ1) is 8.63. The summed E-state index contributed by atoms with van der Waals surface area (Å²) in [4.78, 5) is 12.6. The van der Waals surface area contributed by atoms with Gasteiger partial charge in [0.25, 0.3) is 0 Å². The predicted octanol–water partition coefficient (Wildman–Crippen LogP) is 5.02. The fourth-order valence-corrected chi connectivity index (χ4v) is 1.56. The number of carbonyl (C=O) groups excluding carboxylic acids is 1. The largest absolute Gasteiger partial charge is 0.343 e. The van der Waals surface area contributed by atoms with Crippen molar-refractivity contribution in [3.05, 3.63) is 0 Å². The second-order valence-electron chi connectivity index (χ2n) is 4.92. The van der Waals surface area contributed by atoms with Gasteiger partial charge in [-0.3, -0.25) is 4.79 Å². The van der Waals surface area contributed by atoms with Crippen LogP contribution in [-0.2, 0) is 4.79 Å². The lowest BCUT2D eigenvalue weighted by Gasteiger charge is -2.24. The zero-order valence-corrected chi connectivity index (χ0v) is 13.4. The van der Waals surface area contributed by atoms with E-state index >= 15 is 0 Å². The number of hydrogen-bond donors (Lipinski definition) is 0. The lowest BCUT2D eigenvalue weighted by Crippen LogP contribution is -2.33. The molecular formula is C16H35NO. The predicted molar refractivity (Wildman–Crippen MR) is 81.9 cm³/mol. The van der Waals surface area contributed by atoms with Crippen LogP contribution in [0, 0.1) is 0 Å². The van der Waals surface area contributed by atoms with E-state index in [0.29, 0.717) is 0 Å². The van der Waals surface area contributed by atoms with Gasteiger partial charge in [0.15, 0.2) is 0 Å². The van der Waals surface area contributed by atoms with E-state index in [9.17, 15) is 4.79 Å². The van der Waals surface area contributed by atoms with Crippen molar-refractivity contribution in [2.24, 2.45) is 0 Å². The molecule has 0 saturated carbocycles. The summed E-state index contributed by atoms with van der Waals surface area (Å²) in [6.45, 7) is 12.4. The summed E-state index contributed by atoms with van der Waals surface area (Å²) in [5.41, 5.74) is 0. The quantitative estimate of drug-likeness (QED) is 0.695. The number of rotatable bonds is 3. The molecule has 1 heterocycles. The van der Waals surface area contributed by atoms with Crippen LogP contribution in [0.5, 0.6) is 0 Å². The molecule has 0 N–H and O–H groups in total. The number of nitrogens with zero attached hydrogens (tertiary/aromatic N) is 1. The van der Waals surface area contributed by atoms with Crippen molar-refractivity contribution >= 4 is 5.91 Å². The zero-order chi connectivity index (χ0) is 14.2. The Kier molecular flexibility index (Phi) is 18.1. The molecule has 0 bridgehead atoms.